The number of hydrogen-bond donors (Lipinski definition) is 0. The quantitative estimate of drug-likeness (QED) is 0.382. The molecular formula is C14H6CoN4O12. The number of rotatable bonds is 6. The van der Waals surface area contributed by atoms with Crippen molar-refractivity contribution >= 4 is 34.7 Å². The predicted molar refractivity (Wildman–Crippen MR) is 88.2 cm³/mol. The monoisotopic (exact) mass is 481 g/mol. The van der Waals surface area contributed by atoms with Crippen LogP contribution in [-0.4, -0.2) is 31.6 Å². The molecule has 1 radical (unpaired) electrons. The zero-order chi connectivity index (χ0) is 23.2. The van der Waals surface area contributed by atoms with E-state index in [1.54, 1.807) is 0 Å². The number of carbonyl (C=O) groups is 2. The van der Waals surface area contributed by atoms with Gasteiger partial charge in [-0.2, -0.15) is 0 Å². The predicted octanol–water partition coefficient (Wildman–Crippen LogP) is -0.270. The maximum Gasteiger partial charge on any atom is 2.00 e. The molecule has 0 unspecified atom stereocenters. The minimum absolute atomic E-state index is 0. The summed E-state index contributed by atoms with van der Waals surface area (Å²) in [6, 6.07) is 5.53. The Morgan fingerprint density at radius 2 is 0.871 bits per heavy atom. The number of aromatic carboxylic acids is 2. The molecule has 0 amide bonds. The summed E-state index contributed by atoms with van der Waals surface area (Å²) in [5.41, 5.74) is -5.50. The third-order valence-electron chi connectivity index (χ3n) is 3.23. The summed E-state index contributed by atoms with van der Waals surface area (Å²) in [5.74, 6) is -3.66. The number of carboxylic acid groups (broad SMARTS) is 2. The van der Waals surface area contributed by atoms with Crippen molar-refractivity contribution in [2.45, 2.75) is 0 Å². The topological polar surface area (TPSA) is 253 Å². The fraction of sp³-hybridized carbons (Fsp3) is 0. The van der Waals surface area contributed by atoms with Gasteiger partial charge >= 0.3 is 39.5 Å². The average Bonchev–Trinajstić information content (AvgIpc) is 2.66. The molecule has 0 aliphatic heterocycles. The third kappa shape index (κ3) is 6.23. The Balaban J connectivity index is 0.000000562. The Morgan fingerprint density at radius 3 is 1.06 bits per heavy atom. The number of nitro benzene ring substituents is 4. The number of nitro groups is 4. The van der Waals surface area contributed by atoms with E-state index in [0.717, 1.165) is 36.4 Å². The van der Waals surface area contributed by atoms with Crippen molar-refractivity contribution in [2.24, 2.45) is 0 Å². The molecule has 31 heavy (non-hydrogen) atoms. The van der Waals surface area contributed by atoms with Crippen LogP contribution in [0, 0.1) is 40.5 Å². The van der Waals surface area contributed by atoms with E-state index in [0.29, 0.717) is 0 Å². The van der Waals surface area contributed by atoms with Crippen LogP contribution < -0.4 is 10.2 Å². The van der Waals surface area contributed by atoms with E-state index in [2.05, 4.69) is 0 Å². The van der Waals surface area contributed by atoms with Crippen LogP contribution >= 0.6 is 0 Å². The van der Waals surface area contributed by atoms with Crippen molar-refractivity contribution in [3.63, 3.8) is 0 Å². The number of nitrogens with zero attached hydrogens (tertiary/aromatic N) is 4. The maximum atomic E-state index is 10.5. The summed E-state index contributed by atoms with van der Waals surface area (Å²) in [6.45, 7) is 0. The number of para-hydroxylation sites is 2. The molecule has 0 aliphatic carbocycles. The standard InChI is InChI=1S/2C7H4N2O6.Co/c2*10-7(11)4-2-1-3-5(8(12)13)6(4)9(14)15;/h2*1-3H,(H,10,11);/q;;+2/p-2. The molecular weight excluding hydrogens is 475 g/mol. The van der Waals surface area contributed by atoms with Crippen LogP contribution in [0.3, 0.4) is 0 Å². The number of carboxylic acids is 2. The first-order valence-corrected chi connectivity index (χ1v) is 7.16. The van der Waals surface area contributed by atoms with Gasteiger partial charge in [0, 0.05) is 12.1 Å². The first-order chi connectivity index (χ1) is 13.9. The molecule has 0 aliphatic rings. The number of carbonyl (C=O) groups excluding carboxylic acids is 2. The van der Waals surface area contributed by atoms with Gasteiger partial charge in [-0.1, -0.05) is 12.1 Å². The Bertz CT molecular complexity index is 937. The molecule has 0 spiro atoms. The molecule has 0 aromatic heterocycles. The second-order valence-electron chi connectivity index (χ2n) is 4.95. The molecule has 0 saturated heterocycles. The van der Waals surface area contributed by atoms with Gasteiger partial charge in [-0.25, -0.2) is 0 Å². The number of hydrogen-bond acceptors (Lipinski definition) is 12. The second-order valence-corrected chi connectivity index (χ2v) is 4.95. The minimum atomic E-state index is -1.83. The first-order valence-electron chi connectivity index (χ1n) is 7.16. The maximum absolute atomic E-state index is 10.5. The third-order valence-corrected chi connectivity index (χ3v) is 3.23. The molecule has 2 aromatic carbocycles. The van der Waals surface area contributed by atoms with Crippen molar-refractivity contribution in [3.05, 3.63) is 88.0 Å². The largest absolute Gasteiger partial charge is 2.00 e. The van der Waals surface area contributed by atoms with Gasteiger partial charge in [-0.3, -0.25) is 40.5 Å². The summed E-state index contributed by atoms with van der Waals surface area (Å²) < 4.78 is 0. The van der Waals surface area contributed by atoms with Crippen molar-refractivity contribution < 1.29 is 56.3 Å². The average molecular weight is 481 g/mol. The summed E-state index contributed by atoms with van der Waals surface area (Å²) in [7, 11) is 0. The summed E-state index contributed by atoms with van der Waals surface area (Å²) in [5, 5.41) is 62.6. The molecule has 0 fully saturated rings. The van der Waals surface area contributed by atoms with E-state index in [1.165, 1.54) is 0 Å². The molecule has 2 aromatic rings. The van der Waals surface area contributed by atoms with Crippen LogP contribution in [0.2, 0.25) is 0 Å². The van der Waals surface area contributed by atoms with E-state index in [-0.39, 0.29) is 16.8 Å². The first kappa shape index (κ1) is 26.5. The molecule has 0 bridgehead atoms. The van der Waals surface area contributed by atoms with Crippen LogP contribution in [0.25, 0.3) is 0 Å². The van der Waals surface area contributed by atoms with E-state index in [4.69, 9.17) is 0 Å². The Kier molecular flexibility index (Phi) is 9.29. The Morgan fingerprint density at radius 1 is 0.581 bits per heavy atom. The second kappa shape index (κ2) is 10.9. The van der Waals surface area contributed by atoms with Crippen LogP contribution in [-0.2, 0) is 16.8 Å². The van der Waals surface area contributed by atoms with Gasteiger partial charge in [0.1, 0.15) is 0 Å². The van der Waals surface area contributed by atoms with E-state index < -0.39 is 65.5 Å². The fourth-order valence-electron chi connectivity index (χ4n) is 2.07. The van der Waals surface area contributed by atoms with E-state index in [9.17, 15) is 60.3 Å². The SMILES string of the molecule is O=C([O-])c1cccc([N+](=O)[O-])c1[N+](=O)[O-].O=C([O-])c1cccc([N+](=O)[O-])c1[N+](=O)[O-].[Co+2]. The van der Waals surface area contributed by atoms with Crippen molar-refractivity contribution in [2.75, 3.05) is 0 Å². The zero-order valence-corrected chi connectivity index (χ0v) is 15.5. The van der Waals surface area contributed by atoms with Gasteiger partial charge in [0.25, 0.3) is 0 Å². The van der Waals surface area contributed by atoms with Crippen LogP contribution in [0.15, 0.2) is 36.4 Å². The molecule has 17 heteroatoms. The summed E-state index contributed by atoms with van der Waals surface area (Å²) in [4.78, 5) is 58.3. The van der Waals surface area contributed by atoms with Gasteiger partial charge in [0.05, 0.1) is 42.8 Å². The molecule has 163 valence electrons. The van der Waals surface area contributed by atoms with Gasteiger partial charge in [0.15, 0.2) is 0 Å². The molecule has 0 heterocycles. The minimum Gasteiger partial charge on any atom is -0.545 e. The molecule has 0 saturated carbocycles. The molecule has 2 rings (SSSR count). The normalized spacial score (nSPS) is 9.29. The summed E-state index contributed by atoms with van der Waals surface area (Å²) in [6.07, 6.45) is 0. The smallest absolute Gasteiger partial charge is 0.545 e. The Labute approximate surface area is 179 Å². The molecule has 0 N–H and O–H groups in total. The van der Waals surface area contributed by atoms with Crippen LogP contribution in [0.1, 0.15) is 20.7 Å². The van der Waals surface area contributed by atoms with Crippen molar-refractivity contribution in [1.82, 2.24) is 0 Å². The van der Waals surface area contributed by atoms with Gasteiger partial charge in [-0.15, -0.1) is 0 Å². The Hall–Kier alpha value is -4.51. The van der Waals surface area contributed by atoms with Gasteiger partial charge in [-0.05, 0) is 12.1 Å². The summed E-state index contributed by atoms with van der Waals surface area (Å²) >= 11 is 0. The zero-order valence-electron chi connectivity index (χ0n) is 14.5. The van der Waals surface area contributed by atoms with Crippen LogP contribution in [0.4, 0.5) is 22.7 Å². The van der Waals surface area contributed by atoms with E-state index in [1.807, 2.05) is 0 Å². The number of benzene rings is 2. The molecule has 0 atom stereocenters. The van der Waals surface area contributed by atoms with Crippen molar-refractivity contribution in [3.8, 4) is 0 Å². The van der Waals surface area contributed by atoms with Gasteiger partial charge in [0.2, 0.25) is 0 Å². The molecule has 16 nitrogen and oxygen atoms in total. The van der Waals surface area contributed by atoms with Crippen LogP contribution in [0.5, 0.6) is 0 Å². The van der Waals surface area contributed by atoms with Gasteiger partial charge < -0.3 is 19.8 Å². The van der Waals surface area contributed by atoms with E-state index >= 15 is 0 Å². The fourth-order valence-corrected chi connectivity index (χ4v) is 2.07. The van der Waals surface area contributed by atoms with Crippen molar-refractivity contribution in [1.29, 1.82) is 0 Å².